The molecule has 1 N–H and O–H groups in total. The summed E-state index contributed by atoms with van der Waals surface area (Å²) in [5.74, 6) is 0.533. The molecular weight excluding hydrogens is 274 g/mol. The molecule has 5 nitrogen and oxygen atoms in total. The summed E-state index contributed by atoms with van der Waals surface area (Å²) in [6, 6.07) is 3.59. The van der Waals surface area contributed by atoms with Gasteiger partial charge in [-0.05, 0) is 19.1 Å². The van der Waals surface area contributed by atoms with Crippen molar-refractivity contribution in [2.24, 2.45) is 5.92 Å². The number of hydrogen-bond donors (Lipinski definition) is 1. The van der Waals surface area contributed by atoms with Gasteiger partial charge in [-0.2, -0.15) is 0 Å². The van der Waals surface area contributed by atoms with Gasteiger partial charge < -0.3 is 5.32 Å². The molecule has 100 valence electrons. The number of halogens is 1. The molecule has 0 aromatic carbocycles. The highest BCUT2D eigenvalue weighted by atomic mass is 35.5. The zero-order valence-corrected chi connectivity index (χ0v) is 11.7. The molecule has 18 heavy (non-hydrogen) atoms. The molecule has 0 aliphatic carbocycles. The van der Waals surface area contributed by atoms with Crippen LogP contribution in [0.5, 0.6) is 0 Å². The van der Waals surface area contributed by atoms with Gasteiger partial charge in [0.05, 0.1) is 5.75 Å². The minimum Gasteiger partial charge on any atom is -0.385 e. The number of anilines is 1. The zero-order chi connectivity index (χ0) is 13.2. The number of hydrogen-bond acceptors (Lipinski definition) is 4. The van der Waals surface area contributed by atoms with Crippen molar-refractivity contribution in [2.45, 2.75) is 6.92 Å². The molecule has 1 fully saturated rings. The topological polar surface area (TPSA) is 62.3 Å². The molecule has 0 saturated carbocycles. The van der Waals surface area contributed by atoms with Crippen molar-refractivity contribution in [3.63, 3.8) is 0 Å². The van der Waals surface area contributed by atoms with Crippen LogP contribution in [-0.2, 0) is 10.0 Å². The predicted octanol–water partition coefficient (Wildman–Crippen LogP) is 1.43. The van der Waals surface area contributed by atoms with Crippen LogP contribution in [0.1, 0.15) is 6.92 Å². The van der Waals surface area contributed by atoms with Crippen molar-refractivity contribution in [1.29, 1.82) is 0 Å². The van der Waals surface area contributed by atoms with Gasteiger partial charge in [-0.1, -0.05) is 11.6 Å². The minimum absolute atomic E-state index is 0.174. The molecular formula is C11H16ClN3O2S. The van der Waals surface area contributed by atoms with E-state index >= 15 is 0 Å². The first kappa shape index (κ1) is 13.6. The van der Waals surface area contributed by atoms with Crippen molar-refractivity contribution in [3.05, 3.63) is 23.5 Å². The van der Waals surface area contributed by atoms with Gasteiger partial charge in [-0.3, -0.25) is 0 Å². The van der Waals surface area contributed by atoms with Crippen LogP contribution in [0.4, 0.5) is 5.69 Å². The highest BCUT2D eigenvalue weighted by molar-refractivity contribution is 7.89. The number of aromatic nitrogens is 1. The third-order valence-corrected chi connectivity index (χ3v) is 5.02. The lowest BCUT2D eigenvalue weighted by Gasteiger charge is -2.38. The maximum atomic E-state index is 11.5. The molecule has 1 aliphatic rings. The Bertz CT molecular complexity index is 515. The summed E-state index contributed by atoms with van der Waals surface area (Å²) in [4.78, 5) is 3.89. The van der Waals surface area contributed by atoms with Gasteiger partial charge in [0, 0.05) is 37.4 Å². The van der Waals surface area contributed by atoms with Crippen molar-refractivity contribution in [2.75, 3.05) is 30.7 Å². The van der Waals surface area contributed by atoms with E-state index in [0.717, 1.165) is 12.2 Å². The Hall–Kier alpha value is -0.850. The summed E-state index contributed by atoms with van der Waals surface area (Å²) >= 11 is 5.77. The molecule has 0 unspecified atom stereocenters. The van der Waals surface area contributed by atoms with E-state index in [4.69, 9.17) is 11.6 Å². The normalized spacial score (nSPS) is 17.4. The summed E-state index contributed by atoms with van der Waals surface area (Å²) in [7, 11) is -3.01. The average Bonchev–Trinajstić information content (AvgIpc) is 2.27. The number of rotatable bonds is 5. The lowest BCUT2D eigenvalue weighted by Crippen LogP contribution is -2.52. The Morgan fingerprint density at radius 1 is 1.56 bits per heavy atom. The van der Waals surface area contributed by atoms with Crippen LogP contribution in [0.25, 0.3) is 0 Å². The maximum Gasteiger partial charge on any atom is 0.213 e. The number of sulfonamides is 1. The van der Waals surface area contributed by atoms with Crippen LogP contribution in [0.2, 0.25) is 5.15 Å². The van der Waals surface area contributed by atoms with Crippen LogP contribution < -0.4 is 5.32 Å². The number of nitrogens with zero attached hydrogens (tertiary/aromatic N) is 2. The van der Waals surface area contributed by atoms with Gasteiger partial charge in [0.25, 0.3) is 0 Å². The third-order valence-electron chi connectivity index (χ3n) is 3.00. The van der Waals surface area contributed by atoms with Crippen molar-refractivity contribution in [1.82, 2.24) is 9.29 Å². The number of pyridine rings is 1. The van der Waals surface area contributed by atoms with Crippen molar-refractivity contribution >= 4 is 27.3 Å². The summed E-state index contributed by atoms with van der Waals surface area (Å²) in [5, 5.41) is 3.68. The predicted molar refractivity (Wildman–Crippen MR) is 72.3 cm³/mol. The van der Waals surface area contributed by atoms with Gasteiger partial charge in [0.15, 0.2) is 0 Å². The van der Waals surface area contributed by atoms with Gasteiger partial charge in [-0.25, -0.2) is 17.7 Å². The summed E-state index contributed by atoms with van der Waals surface area (Å²) in [5.41, 5.74) is 0.909. The van der Waals surface area contributed by atoms with E-state index in [1.165, 1.54) is 4.31 Å². The van der Waals surface area contributed by atoms with Gasteiger partial charge in [-0.15, -0.1) is 0 Å². The first-order valence-corrected chi connectivity index (χ1v) is 7.83. The monoisotopic (exact) mass is 289 g/mol. The van der Waals surface area contributed by atoms with E-state index in [1.807, 2.05) is 6.07 Å². The Labute approximate surface area is 112 Å². The van der Waals surface area contributed by atoms with E-state index in [1.54, 1.807) is 19.2 Å². The zero-order valence-electron chi connectivity index (χ0n) is 10.1. The minimum atomic E-state index is -3.01. The molecule has 1 aromatic rings. The Balaban J connectivity index is 1.78. The smallest absolute Gasteiger partial charge is 0.213 e. The highest BCUT2D eigenvalue weighted by Gasteiger charge is 2.34. The van der Waals surface area contributed by atoms with E-state index < -0.39 is 10.0 Å². The second-order valence-electron chi connectivity index (χ2n) is 4.33. The highest BCUT2D eigenvalue weighted by Crippen LogP contribution is 2.21. The van der Waals surface area contributed by atoms with Crippen LogP contribution in [0.3, 0.4) is 0 Å². The van der Waals surface area contributed by atoms with Crippen LogP contribution >= 0.6 is 11.6 Å². The quantitative estimate of drug-likeness (QED) is 0.833. The lowest BCUT2D eigenvalue weighted by molar-refractivity contribution is 0.212. The van der Waals surface area contributed by atoms with E-state index in [0.29, 0.717) is 24.2 Å². The van der Waals surface area contributed by atoms with E-state index in [-0.39, 0.29) is 5.75 Å². The van der Waals surface area contributed by atoms with Crippen molar-refractivity contribution < 1.29 is 8.42 Å². The molecule has 2 heterocycles. The van der Waals surface area contributed by atoms with Crippen LogP contribution in [0.15, 0.2) is 18.3 Å². The Morgan fingerprint density at radius 2 is 2.28 bits per heavy atom. The molecule has 2 rings (SSSR count). The average molecular weight is 290 g/mol. The van der Waals surface area contributed by atoms with E-state index in [2.05, 4.69) is 10.3 Å². The number of nitrogens with one attached hydrogen (secondary N) is 1. The van der Waals surface area contributed by atoms with Gasteiger partial charge in [0.1, 0.15) is 5.15 Å². The second-order valence-corrected chi connectivity index (χ2v) is 6.98. The molecule has 0 atom stereocenters. The maximum absolute atomic E-state index is 11.5. The second kappa shape index (κ2) is 5.42. The SMILES string of the molecule is CCS(=O)(=O)N1CC(CNc2ccnc(Cl)c2)C1. The molecule has 7 heteroatoms. The Kier molecular flexibility index (Phi) is 4.09. The van der Waals surface area contributed by atoms with Crippen LogP contribution in [-0.4, -0.2) is 43.1 Å². The standard InChI is InChI=1S/C11H16ClN3O2S/c1-2-18(16,17)15-7-9(8-15)6-14-10-3-4-13-11(12)5-10/h3-5,9H,2,6-8H2,1H3,(H,13,14). The molecule has 0 amide bonds. The molecule has 1 aliphatic heterocycles. The Morgan fingerprint density at radius 3 is 2.89 bits per heavy atom. The van der Waals surface area contributed by atoms with Gasteiger partial charge >= 0.3 is 0 Å². The van der Waals surface area contributed by atoms with Crippen LogP contribution in [0, 0.1) is 5.92 Å². The van der Waals surface area contributed by atoms with Crippen molar-refractivity contribution in [3.8, 4) is 0 Å². The fourth-order valence-electron chi connectivity index (χ4n) is 1.84. The molecule has 0 radical (unpaired) electrons. The lowest BCUT2D eigenvalue weighted by atomic mass is 10.0. The first-order chi connectivity index (χ1) is 8.51. The summed E-state index contributed by atoms with van der Waals surface area (Å²) in [6.07, 6.45) is 1.64. The third kappa shape index (κ3) is 3.13. The fourth-order valence-corrected chi connectivity index (χ4v) is 3.25. The summed E-state index contributed by atoms with van der Waals surface area (Å²) in [6.45, 7) is 3.61. The summed E-state index contributed by atoms with van der Waals surface area (Å²) < 4.78 is 24.6. The fraction of sp³-hybridized carbons (Fsp3) is 0.545. The van der Waals surface area contributed by atoms with Gasteiger partial charge in [0.2, 0.25) is 10.0 Å². The molecule has 1 aromatic heterocycles. The molecule has 1 saturated heterocycles. The first-order valence-electron chi connectivity index (χ1n) is 5.84. The molecule has 0 bridgehead atoms. The van der Waals surface area contributed by atoms with E-state index in [9.17, 15) is 8.42 Å². The molecule has 0 spiro atoms. The largest absolute Gasteiger partial charge is 0.385 e.